The maximum atomic E-state index is 12.5. The van der Waals surface area contributed by atoms with Gasteiger partial charge in [-0.05, 0) is 52.7 Å². The molecule has 0 bridgehead atoms. The maximum absolute atomic E-state index is 12.5. The molecule has 0 atom stereocenters. The number of halogens is 1. The molecular formula is C23H20BrN3O5S. The van der Waals surface area contributed by atoms with E-state index in [2.05, 4.69) is 26.0 Å². The molecule has 0 radical (unpaired) electrons. The number of hydrogen-bond donors (Lipinski definition) is 0. The van der Waals surface area contributed by atoms with Crippen molar-refractivity contribution in [1.82, 2.24) is 14.6 Å². The first kappa shape index (κ1) is 22.0. The fraction of sp³-hybridized carbons (Fsp3) is 0.217. The Morgan fingerprint density at radius 3 is 2.45 bits per heavy atom. The fourth-order valence-electron chi connectivity index (χ4n) is 3.42. The van der Waals surface area contributed by atoms with E-state index >= 15 is 0 Å². The normalized spacial score (nSPS) is 15.3. The second-order valence-corrected chi connectivity index (χ2v) is 10.4. The zero-order valence-electron chi connectivity index (χ0n) is 17.6. The molecule has 170 valence electrons. The van der Waals surface area contributed by atoms with Crippen LogP contribution in [-0.2, 0) is 19.0 Å². The summed E-state index contributed by atoms with van der Waals surface area (Å²) in [5.74, 6) is 0.592. The van der Waals surface area contributed by atoms with Crippen LogP contribution < -0.4 is 4.74 Å². The average Bonchev–Trinajstić information content (AvgIpc) is 3.16. The van der Waals surface area contributed by atoms with Crippen LogP contribution in [0.3, 0.4) is 0 Å². The largest absolute Gasteiger partial charge is 0.480 e. The Balaban J connectivity index is 1.28. The molecular weight excluding hydrogens is 510 g/mol. The summed E-state index contributed by atoms with van der Waals surface area (Å²) in [5.41, 5.74) is 2.70. The number of nitrogens with zero attached hydrogens (tertiary/aromatic N) is 3. The molecule has 1 fully saturated rings. The van der Waals surface area contributed by atoms with Gasteiger partial charge in [0.25, 0.3) is 10.1 Å². The Morgan fingerprint density at radius 2 is 1.79 bits per heavy atom. The first-order chi connectivity index (χ1) is 15.8. The molecule has 8 nitrogen and oxygen atoms in total. The molecule has 0 unspecified atom stereocenters. The van der Waals surface area contributed by atoms with E-state index in [4.69, 9.17) is 13.7 Å². The first-order valence-electron chi connectivity index (χ1n) is 10.2. The van der Waals surface area contributed by atoms with Crippen LogP contribution in [0.25, 0.3) is 16.8 Å². The van der Waals surface area contributed by atoms with E-state index in [1.54, 1.807) is 29.0 Å². The molecule has 0 amide bonds. The van der Waals surface area contributed by atoms with Gasteiger partial charge in [-0.3, -0.25) is 4.18 Å². The summed E-state index contributed by atoms with van der Waals surface area (Å²) in [6, 6.07) is 14.0. The summed E-state index contributed by atoms with van der Waals surface area (Å²) >= 11 is 3.42. The summed E-state index contributed by atoms with van der Waals surface area (Å²) in [5, 5.41) is 4.26. The highest BCUT2D eigenvalue weighted by molar-refractivity contribution is 9.10. The van der Waals surface area contributed by atoms with Crippen molar-refractivity contribution in [3.8, 4) is 16.9 Å². The number of aromatic nitrogens is 3. The zero-order valence-corrected chi connectivity index (χ0v) is 20.0. The standard InChI is InChI=1S/C23H20BrN3O5S/c1-16-2-8-20(9-3-16)33(28,29)31-15-23(13-30-14-23)32-19-6-4-17(5-7-19)18-10-25-22-21(24)11-26-27(22)12-18/h2-12H,13-15H2,1H3. The van der Waals surface area contributed by atoms with Crippen molar-refractivity contribution in [3.63, 3.8) is 0 Å². The van der Waals surface area contributed by atoms with Crippen molar-refractivity contribution in [2.45, 2.75) is 17.4 Å². The van der Waals surface area contributed by atoms with Crippen LogP contribution in [0.2, 0.25) is 0 Å². The molecule has 5 rings (SSSR count). The van der Waals surface area contributed by atoms with E-state index in [1.165, 1.54) is 12.1 Å². The third-order valence-electron chi connectivity index (χ3n) is 5.35. The van der Waals surface area contributed by atoms with Gasteiger partial charge in [-0.2, -0.15) is 13.5 Å². The maximum Gasteiger partial charge on any atom is 0.297 e. The predicted octanol–water partition coefficient (Wildman–Crippen LogP) is 4.02. The van der Waals surface area contributed by atoms with Crippen LogP contribution in [-0.4, -0.2) is 48.4 Å². The molecule has 1 aliphatic rings. The summed E-state index contributed by atoms with van der Waals surface area (Å²) in [6.45, 7) is 2.24. The molecule has 2 aromatic carbocycles. The lowest BCUT2D eigenvalue weighted by molar-refractivity contribution is -0.175. The second-order valence-electron chi connectivity index (χ2n) is 7.93. The third kappa shape index (κ3) is 4.51. The van der Waals surface area contributed by atoms with Gasteiger partial charge in [0.05, 0.1) is 28.8 Å². The van der Waals surface area contributed by atoms with E-state index in [9.17, 15) is 8.42 Å². The number of ether oxygens (including phenoxy) is 2. The lowest BCUT2D eigenvalue weighted by Gasteiger charge is -2.40. The Kier molecular flexibility index (Phi) is 5.69. The van der Waals surface area contributed by atoms with Gasteiger partial charge in [-0.15, -0.1) is 0 Å². The van der Waals surface area contributed by atoms with Gasteiger partial charge in [-0.25, -0.2) is 9.50 Å². The molecule has 0 N–H and O–H groups in total. The number of hydrogen-bond acceptors (Lipinski definition) is 7. The van der Waals surface area contributed by atoms with Crippen molar-refractivity contribution in [2.75, 3.05) is 19.8 Å². The summed E-state index contributed by atoms with van der Waals surface area (Å²) < 4.78 is 44.4. The Bertz CT molecular complexity index is 1400. The Hall–Kier alpha value is -2.79. The highest BCUT2D eigenvalue weighted by Crippen LogP contribution is 2.30. The molecule has 2 aromatic heterocycles. The molecule has 10 heteroatoms. The second kappa shape index (κ2) is 8.53. The van der Waals surface area contributed by atoms with E-state index in [-0.39, 0.29) is 24.7 Å². The third-order valence-corrected chi connectivity index (χ3v) is 7.19. The quantitative estimate of drug-likeness (QED) is 0.334. The van der Waals surface area contributed by atoms with E-state index in [0.29, 0.717) is 5.75 Å². The smallest absolute Gasteiger partial charge is 0.297 e. The lowest BCUT2D eigenvalue weighted by Crippen LogP contribution is -2.58. The van der Waals surface area contributed by atoms with E-state index in [1.807, 2.05) is 37.4 Å². The minimum Gasteiger partial charge on any atom is -0.480 e. The van der Waals surface area contributed by atoms with Crippen LogP contribution in [0.15, 0.2) is 76.5 Å². The van der Waals surface area contributed by atoms with Crippen molar-refractivity contribution in [2.24, 2.45) is 0 Å². The van der Waals surface area contributed by atoms with Crippen LogP contribution >= 0.6 is 15.9 Å². The number of benzene rings is 2. The minimum atomic E-state index is -3.89. The van der Waals surface area contributed by atoms with Gasteiger partial charge in [0.15, 0.2) is 11.2 Å². The SMILES string of the molecule is Cc1ccc(S(=O)(=O)OCC2(Oc3ccc(-c4cnc5c(Br)cnn5c4)cc3)COC2)cc1. The predicted molar refractivity (Wildman–Crippen MR) is 125 cm³/mol. The molecule has 1 aliphatic heterocycles. The van der Waals surface area contributed by atoms with Crippen LogP contribution in [0.5, 0.6) is 5.75 Å². The van der Waals surface area contributed by atoms with Crippen LogP contribution in [0, 0.1) is 6.92 Å². The first-order valence-corrected chi connectivity index (χ1v) is 12.4. The van der Waals surface area contributed by atoms with Gasteiger partial charge in [0.1, 0.15) is 12.4 Å². The molecule has 0 aliphatic carbocycles. The van der Waals surface area contributed by atoms with Crippen molar-refractivity contribution in [1.29, 1.82) is 0 Å². The molecule has 0 spiro atoms. The van der Waals surface area contributed by atoms with E-state index in [0.717, 1.165) is 26.8 Å². The van der Waals surface area contributed by atoms with Crippen LogP contribution in [0.1, 0.15) is 5.56 Å². The van der Waals surface area contributed by atoms with Gasteiger partial charge in [0.2, 0.25) is 0 Å². The number of fused-ring (bicyclic) bond motifs is 1. The molecule has 0 saturated carbocycles. The van der Waals surface area contributed by atoms with Gasteiger partial charge in [0, 0.05) is 18.0 Å². The van der Waals surface area contributed by atoms with Crippen LogP contribution in [0.4, 0.5) is 0 Å². The van der Waals surface area contributed by atoms with Crippen molar-refractivity contribution < 1.29 is 22.1 Å². The van der Waals surface area contributed by atoms with Gasteiger partial charge in [-0.1, -0.05) is 29.8 Å². The lowest BCUT2D eigenvalue weighted by atomic mass is 10.0. The molecule has 3 heterocycles. The van der Waals surface area contributed by atoms with Gasteiger partial charge < -0.3 is 9.47 Å². The average molecular weight is 530 g/mol. The Labute approximate surface area is 199 Å². The Morgan fingerprint density at radius 1 is 1.06 bits per heavy atom. The van der Waals surface area contributed by atoms with Gasteiger partial charge >= 0.3 is 0 Å². The number of aryl methyl sites for hydroxylation is 1. The van der Waals surface area contributed by atoms with E-state index < -0.39 is 15.7 Å². The molecule has 1 saturated heterocycles. The van der Waals surface area contributed by atoms with Crippen molar-refractivity contribution >= 4 is 31.7 Å². The summed E-state index contributed by atoms with van der Waals surface area (Å²) in [4.78, 5) is 4.54. The number of rotatable bonds is 7. The fourth-order valence-corrected chi connectivity index (χ4v) is 4.77. The molecule has 33 heavy (non-hydrogen) atoms. The topological polar surface area (TPSA) is 92.0 Å². The summed E-state index contributed by atoms with van der Waals surface area (Å²) in [7, 11) is -3.89. The van der Waals surface area contributed by atoms with Crippen molar-refractivity contribution in [3.05, 3.63) is 77.2 Å². The summed E-state index contributed by atoms with van der Waals surface area (Å²) in [6.07, 6.45) is 5.38. The zero-order chi connectivity index (χ0) is 23.1. The minimum absolute atomic E-state index is 0.114. The highest BCUT2D eigenvalue weighted by atomic mass is 79.9. The molecule has 4 aromatic rings. The monoisotopic (exact) mass is 529 g/mol. The highest BCUT2D eigenvalue weighted by Gasteiger charge is 2.43.